The number of halogens is 2. The number of nitrogens with zero attached hydrogens (tertiary/aromatic N) is 1. The van der Waals surface area contributed by atoms with Crippen molar-refractivity contribution in [3.8, 4) is 0 Å². The van der Waals surface area contributed by atoms with E-state index >= 15 is 0 Å². The fourth-order valence-electron chi connectivity index (χ4n) is 2.74. The number of hydrogen-bond donors (Lipinski definition) is 1. The summed E-state index contributed by atoms with van der Waals surface area (Å²) in [6.45, 7) is 7.80. The molecule has 1 aromatic rings. The van der Waals surface area contributed by atoms with Crippen LogP contribution in [0.25, 0.3) is 0 Å². The van der Waals surface area contributed by atoms with Crippen LogP contribution in [0.1, 0.15) is 25.3 Å². The molecule has 0 spiro atoms. The van der Waals surface area contributed by atoms with Crippen LogP contribution in [0.5, 0.6) is 0 Å². The molecule has 1 fully saturated rings. The first kappa shape index (κ1) is 18.5. The maximum absolute atomic E-state index is 13.2. The molecular weight excluding hydrogens is 314 g/mol. The Labute approximate surface area is 141 Å². The van der Waals surface area contributed by atoms with Crippen molar-refractivity contribution in [2.75, 3.05) is 19.7 Å². The third-order valence-electron chi connectivity index (χ3n) is 4.16. The number of nitrogens with one attached hydrogen (secondary N) is 1. The minimum atomic E-state index is -0.826. The van der Waals surface area contributed by atoms with Crippen molar-refractivity contribution in [2.24, 2.45) is 0 Å². The van der Waals surface area contributed by atoms with Gasteiger partial charge in [-0.2, -0.15) is 0 Å². The number of rotatable bonds is 7. The molecule has 1 aromatic carbocycles. The Morgan fingerprint density at radius 1 is 1.42 bits per heavy atom. The molecule has 1 atom stereocenters. The summed E-state index contributed by atoms with van der Waals surface area (Å²) in [5.74, 6) is -1.76. The van der Waals surface area contributed by atoms with Crippen LogP contribution in [0.4, 0.5) is 8.78 Å². The van der Waals surface area contributed by atoms with Crippen LogP contribution in [0.15, 0.2) is 30.9 Å². The van der Waals surface area contributed by atoms with E-state index in [1.807, 2.05) is 0 Å². The van der Waals surface area contributed by atoms with E-state index in [0.717, 1.165) is 37.6 Å². The topological polar surface area (TPSA) is 41.6 Å². The minimum Gasteiger partial charge on any atom is -0.365 e. The summed E-state index contributed by atoms with van der Waals surface area (Å²) >= 11 is 0. The van der Waals surface area contributed by atoms with Gasteiger partial charge in [-0.25, -0.2) is 8.78 Å². The van der Waals surface area contributed by atoms with Gasteiger partial charge in [-0.15, -0.1) is 6.58 Å². The predicted molar refractivity (Wildman–Crippen MR) is 88.4 cm³/mol. The smallest absolute Gasteiger partial charge is 0.249 e. The molecule has 132 valence electrons. The van der Waals surface area contributed by atoms with Gasteiger partial charge in [0.05, 0.1) is 6.61 Å². The van der Waals surface area contributed by atoms with Gasteiger partial charge in [0.1, 0.15) is 6.10 Å². The number of amides is 1. The molecule has 0 saturated carbocycles. The molecule has 24 heavy (non-hydrogen) atoms. The molecular formula is C18H24F2N2O2. The average molecular weight is 338 g/mol. The number of ether oxygens (including phenoxy) is 1. The van der Waals surface area contributed by atoms with E-state index in [1.54, 1.807) is 19.1 Å². The minimum absolute atomic E-state index is 0.115. The Morgan fingerprint density at radius 2 is 2.12 bits per heavy atom. The van der Waals surface area contributed by atoms with Crippen molar-refractivity contribution >= 4 is 5.91 Å². The number of carbonyl (C=O) groups is 1. The monoisotopic (exact) mass is 338 g/mol. The van der Waals surface area contributed by atoms with Crippen LogP contribution in [0.2, 0.25) is 0 Å². The van der Waals surface area contributed by atoms with Crippen LogP contribution in [0.3, 0.4) is 0 Å². The van der Waals surface area contributed by atoms with Crippen molar-refractivity contribution < 1.29 is 18.3 Å². The first-order valence-electron chi connectivity index (χ1n) is 8.18. The molecule has 1 aliphatic rings. The van der Waals surface area contributed by atoms with Gasteiger partial charge in [0, 0.05) is 25.7 Å². The maximum Gasteiger partial charge on any atom is 0.249 e. The zero-order valence-electron chi connectivity index (χ0n) is 13.9. The van der Waals surface area contributed by atoms with Crippen LogP contribution in [-0.2, 0) is 16.1 Å². The van der Waals surface area contributed by atoms with E-state index in [1.165, 1.54) is 6.07 Å². The number of likely N-dealkylation sites (tertiary alicyclic amines) is 1. The van der Waals surface area contributed by atoms with Crippen LogP contribution < -0.4 is 5.32 Å². The first-order chi connectivity index (χ1) is 11.5. The summed E-state index contributed by atoms with van der Waals surface area (Å²) in [7, 11) is 0. The van der Waals surface area contributed by atoms with Crippen LogP contribution in [-0.4, -0.2) is 42.6 Å². The van der Waals surface area contributed by atoms with Gasteiger partial charge in [-0.1, -0.05) is 12.1 Å². The molecule has 0 aliphatic carbocycles. The van der Waals surface area contributed by atoms with E-state index < -0.39 is 17.7 Å². The van der Waals surface area contributed by atoms with E-state index in [4.69, 9.17) is 4.74 Å². The fraction of sp³-hybridized carbons (Fsp3) is 0.500. The van der Waals surface area contributed by atoms with E-state index in [9.17, 15) is 13.6 Å². The second-order valence-electron chi connectivity index (χ2n) is 6.07. The average Bonchev–Trinajstić information content (AvgIpc) is 2.57. The van der Waals surface area contributed by atoms with E-state index in [0.29, 0.717) is 13.2 Å². The Morgan fingerprint density at radius 3 is 2.75 bits per heavy atom. The van der Waals surface area contributed by atoms with Crippen molar-refractivity contribution in [3.05, 3.63) is 48.1 Å². The molecule has 6 heteroatoms. The number of benzene rings is 1. The molecule has 4 nitrogen and oxygen atoms in total. The molecule has 1 heterocycles. The highest BCUT2D eigenvalue weighted by molar-refractivity contribution is 5.80. The van der Waals surface area contributed by atoms with Gasteiger partial charge in [-0.05, 0) is 37.5 Å². The third-order valence-corrected chi connectivity index (χ3v) is 4.16. The van der Waals surface area contributed by atoms with Gasteiger partial charge in [0.15, 0.2) is 11.6 Å². The number of hydrogen-bond acceptors (Lipinski definition) is 3. The second-order valence-corrected chi connectivity index (χ2v) is 6.07. The summed E-state index contributed by atoms with van der Waals surface area (Å²) in [5.41, 5.74) is 0.753. The summed E-state index contributed by atoms with van der Waals surface area (Å²) in [6, 6.07) is 4.11. The second kappa shape index (κ2) is 8.89. The Kier molecular flexibility index (Phi) is 6.87. The van der Waals surface area contributed by atoms with Gasteiger partial charge >= 0.3 is 0 Å². The van der Waals surface area contributed by atoms with Crippen molar-refractivity contribution in [2.45, 2.75) is 38.5 Å². The Hall–Kier alpha value is -1.79. The molecule has 1 amide bonds. The molecule has 1 unspecified atom stereocenters. The van der Waals surface area contributed by atoms with Gasteiger partial charge in [-0.3, -0.25) is 9.69 Å². The SMILES string of the molecule is C=CCOC(C)C(=O)NC1CCN(Cc2ccc(F)c(F)c2)CC1. The first-order valence-corrected chi connectivity index (χ1v) is 8.18. The maximum atomic E-state index is 13.2. The largest absolute Gasteiger partial charge is 0.365 e. The highest BCUT2D eigenvalue weighted by Crippen LogP contribution is 2.16. The highest BCUT2D eigenvalue weighted by atomic mass is 19.2. The molecule has 2 rings (SSSR count). The Balaban J connectivity index is 1.75. The van der Waals surface area contributed by atoms with Gasteiger partial charge in [0.2, 0.25) is 5.91 Å². The molecule has 0 aromatic heterocycles. The fourth-order valence-corrected chi connectivity index (χ4v) is 2.74. The summed E-state index contributed by atoms with van der Waals surface area (Å²) in [6.07, 6.45) is 2.76. The summed E-state index contributed by atoms with van der Waals surface area (Å²) < 4.78 is 31.5. The van der Waals surface area contributed by atoms with Crippen LogP contribution in [0, 0.1) is 11.6 Å². The summed E-state index contributed by atoms with van der Waals surface area (Å²) in [5, 5.41) is 2.99. The predicted octanol–water partition coefficient (Wildman–Crippen LogP) is 2.64. The lowest BCUT2D eigenvalue weighted by Crippen LogP contribution is -2.47. The van der Waals surface area contributed by atoms with Crippen molar-refractivity contribution in [3.63, 3.8) is 0 Å². The van der Waals surface area contributed by atoms with Crippen LogP contribution >= 0.6 is 0 Å². The number of carbonyl (C=O) groups excluding carboxylic acids is 1. The zero-order chi connectivity index (χ0) is 17.5. The lowest BCUT2D eigenvalue weighted by atomic mass is 10.0. The van der Waals surface area contributed by atoms with Gasteiger partial charge < -0.3 is 10.1 Å². The molecule has 0 bridgehead atoms. The third kappa shape index (κ3) is 5.39. The van der Waals surface area contributed by atoms with E-state index in [-0.39, 0.29) is 11.9 Å². The lowest BCUT2D eigenvalue weighted by Gasteiger charge is -2.32. The molecule has 1 saturated heterocycles. The molecule has 1 N–H and O–H groups in total. The lowest BCUT2D eigenvalue weighted by molar-refractivity contribution is -0.132. The van der Waals surface area contributed by atoms with E-state index in [2.05, 4.69) is 16.8 Å². The molecule has 1 aliphatic heterocycles. The van der Waals surface area contributed by atoms with Gasteiger partial charge in [0.25, 0.3) is 0 Å². The standard InChI is InChI=1S/C18H24F2N2O2/c1-3-10-24-13(2)18(23)21-15-6-8-22(9-7-15)12-14-4-5-16(19)17(20)11-14/h3-5,11,13,15H,1,6-10,12H2,2H3,(H,21,23). The Bertz CT molecular complexity index is 572. The quantitative estimate of drug-likeness (QED) is 0.777. The number of piperidine rings is 1. The zero-order valence-corrected chi connectivity index (χ0v) is 13.9. The van der Waals surface area contributed by atoms with Crippen molar-refractivity contribution in [1.29, 1.82) is 0 Å². The normalized spacial score (nSPS) is 17.5. The highest BCUT2D eigenvalue weighted by Gasteiger charge is 2.23. The summed E-state index contributed by atoms with van der Waals surface area (Å²) in [4.78, 5) is 14.2. The molecule has 0 radical (unpaired) electrons. The van der Waals surface area contributed by atoms with Crippen molar-refractivity contribution in [1.82, 2.24) is 10.2 Å².